The summed E-state index contributed by atoms with van der Waals surface area (Å²) in [6.07, 6.45) is 2.34. The molecule has 0 atom stereocenters. The number of benzene rings is 3. The molecule has 0 saturated carbocycles. The highest BCUT2D eigenvalue weighted by Gasteiger charge is 2.07. The Morgan fingerprint density at radius 2 is 1.54 bits per heavy atom. The molecule has 0 aliphatic rings. The summed E-state index contributed by atoms with van der Waals surface area (Å²) < 4.78 is 5.68. The van der Waals surface area contributed by atoms with Crippen LogP contribution >= 0.6 is 0 Å². The fraction of sp³-hybridized carbons (Fsp3) is 0.0909. The van der Waals surface area contributed by atoms with E-state index in [9.17, 15) is 4.79 Å². The Labute approximate surface area is 153 Å². The van der Waals surface area contributed by atoms with E-state index in [4.69, 9.17) is 4.74 Å². The summed E-state index contributed by atoms with van der Waals surface area (Å²) in [6, 6.07) is 27.5. The summed E-state index contributed by atoms with van der Waals surface area (Å²) in [4.78, 5) is 11.9. The van der Waals surface area contributed by atoms with E-state index < -0.39 is 0 Å². The lowest BCUT2D eigenvalue weighted by Gasteiger charge is -2.10. The summed E-state index contributed by atoms with van der Waals surface area (Å²) in [7, 11) is 0. The van der Waals surface area contributed by atoms with Crippen molar-refractivity contribution in [3.63, 3.8) is 0 Å². The second kappa shape index (κ2) is 9.18. The molecule has 4 nitrogen and oxygen atoms in total. The quantitative estimate of drug-likeness (QED) is 0.519. The molecule has 0 aliphatic heterocycles. The van der Waals surface area contributed by atoms with Crippen molar-refractivity contribution in [3.8, 4) is 16.9 Å². The van der Waals surface area contributed by atoms with Crippen molar-refractivity contribution >= 4 is 12.1 Å². The largest absolute Gasteiger partial charge is 0.483 e. The number of hydrogen-bond donors (Lipinski definition) is 1. The predicted octanol–water partition coefficient (Wildman–Crippen LogP) is 4.08. The summed E-state index contributed by atoms with van der Waals surface area (Å²) in [5, 5.41) is 3.95. The molecule has 3 aromatic carbocycles. The topological polar surface area (TPSA) is 50.7 Å². The van der Waals surface area contributed by atoms with Crippen LogP contribution in [0.2, 0.25) is 0 Å². The molecule has 1 N–H and O–H groups in total. The monoisotopic (exact) mass is 344 g/mol. The van der Waals surface area contributed by atoms with Crippen molar-refractivity contribution in [3.05, 3.63) is 90.5 Å². The maximum Gasteiger partial charge on any atom is 0.277 e. The van der Waals surface area contributed by atoms with Gasteiger partial charge in [0.2, 0.25) is 0 Å². The van der Waals surface area contributed by atoms with Gasteiger partial charge in [-0.15, -0.1) is 0 Å². The zero-order chi connectivity index (χ0) is 18.0. The van der Waals surface area contributed by atoms with E-state index >= 15 is 0 Å². The van der Waals surface area contributed by atoms with Gasteiger partial charge >= 0.3 is 0 Å². The van der Waals surface area contributed by atoms with Gasteiger partial charge in [0.1, 0.15) is 5.75 Å². The molecule has 0 unspecified atom stereocenters. The molecule has 0 saturated heterocycles. The van der Waals surface area contributed by atoms with Crippen molar-refractivity contribution in [1.82, 2.24) is 5.43 Å². The minimum Gasteiger partial charge on any atom is -0.483 e. The molecule has 0 aromatic heterocycles. The van der Waals surface area contributed by atoms with Gasteiger partial charge in [-0.05, 0) is 17.2 Å². The summed E-state index contributed by atoms with van der Waals surface area (Å²) in [6.45, 7) is -0.0908. The van der Waals surface area contributed by atoms with Crippen molar-refractivity contribution in [2.24, 2.45) is 5.10 Å². The average Bonchev–Trinajstić information content (AvgIpc) is 2.71. The van der Waals surface area contributed by atoms with Crippen LogP contribution < -0.4 is 10.2 Å². The molecule has 26 heavy (non-hydrogen) atoms. The van der Waals surface area contributed by atoms with E-state index in [1.807, 2.05) is 84.9 Å². The Morgan fingerprint density at radius 1 is 0.885 bits per heavy atom. The highest BCUT2D eigenvalue weighted by atomic mass is 16.5. The normalized spacial score (nSPS) is 10.6. The third-order valence-electron chi connectivity index (χ3n) is 3.78. The van der Waals surface area contributed by atoms with Crippen LogP contribution in [0.25, 0.3) is 11.1 Å². The van der Waals surface area contributed by atoms with Gasteiger partial charge in [0, 0.05) is 18.2 Å². The Hall–Kier alpha value is -3.40. The molecule has 0 bridgehead atoms. The summed E-state index contributed by atoms with van der Waals surface area (Å²) >= 11 is 0. The van der Waals surface area contributed by atoms with Gasteiger partial charge < -0.3 is 4.74 Å². The van der Waals surface area contributed by atoms with Gasteiger partial charge in [-0.2, -0.15) is 5.10 Å². The second-order valence-corrected chi connectivity index (χ2v) is 5.69. The number of nitrogens with zero attached hydrogens (tertiary/aromatic N) is 1. The maximum atomic E-state index is 11.9. The SMILES string of the molecule is O=C(COc1ccccc1-c1ccccc1)NN=CCc1ccccc1. The lowest BCUT2D eigenvalue weighted by atomic mass is 10.1. The Bertz CT molecular complexity index is 862. The van der Waals surface area contributed by atoms with Crippen molar-refractivity contribution in [2.75, 3.05) is 6.61 Å². The van der Waals surface area contributed by atoms with Gasteiger partial charge in [0.25, 0.3) is 5.91 Å². The molecule has 3 aromatic rings. The summed E-state index contributed by atoms with van der Waals surface area (Å²) in [5.41, 5.74) is 5.62. The van der Waals surface area contributed by atoms with Crippen LogP contribution in [0.4, 0.5) is 0 Å². The van der Waals surface area contributed by atoms with Crippen LogP contribution in [0, 0.1) is 0 Å². The first-order valence-corrected chi connectivity index (χ1v) is 8.44. The summed E-state index contributed by atoms with van der Waals surface area (Å²) in [5.74, 6) is 0.374. The maximum absolute atomic E-state index is 11.9. The number of nitrogens with one attached hydrogen (secondary N) is 1. The van der Waals surface area contributed by atoms with Gasteiger partial charge in [-0.3, -0.25) is 4.79 Å². The van der Waals surface area contributed by atoms with Gasteiger partial charge in [0.15, 0.2) is 6.61 Å². The Morgan fingerprint density at radius 3 is 2.31 bits per heavy atom. The van der Waals surface area contributed by atoms with Crippen LogP contribution in [0.1, 0.15) is 5.56 Å². The third kappa shape index (κ3) is 5.05. The second-order valence-electron chi connectivity index (χ2n) is 5.69. The fourth-order valence-corrected chi connectivity index (χ4v) is 2.51. The average molecular weight is 344 g/mol. The fourth-order valence-electron chi connectivity index (χ4n) is 2.51. The van der Waals surface area contributed by atoms with Crippen LogP contribution in [0.15, 0.2) is 90.0 Å². The van der Waals surface area contributed by atoms with Crippen LogP contribution in [-0.4, -0.2) is 18.7 Å². The molecule has 0 fully saturated rings. The van der Waals surface area contributed by atoms with E-state index in [1.165, 1.54) is 0 Å². The first-order chi connectivity index (χ1) is 12.8. The highest BCUT2D eigenvalue weighted by molar-refractivity contribution is 5.79. The molecule has 0 spiro atoms. The number of carbonyl (C=O) groups excluding carboxylic acids is 1. The zero-order valence-electron chi connectivity index (χ0n) is 14.3. The predicted molar refractivity (Wildman–Crippen MR) is 104 cm³/mol. The van der Waals surface area contributed by atoms with E-state index in [-0.39, 0.29) is 12.5 Å². The Balaban J connectivity index is 1.52. The minimum atomic E-state index is -0.294. The lowest BCUT2D eigenvalue weighted by Crippen LogP contribution is -2.24. The number of carbonyl (C=O) groups is 1. The van der Waals surface area contributed by atoms with Gasteiger partial charge in [0.05, 0.1) is 0 Å². The standard InChI is InChI=1S/C22H20N2O2/c25-22(24-23-16-15-18-9-3-1-4-10-18)17-26-21-14-8-7-13-20(21)19-11-5-2-6-12-19/h1-14,16H,15,17H2,(H,24,25). The smallest absolute Gasteiger partial charge is 0.277 e. The number of hydrogen-bond acceptors (Lipinski definition) is 3. The third-order valence-corrected chi connectivity index (χ3v) is 3.78. The number of para-hydroxylation sites is 1. The van der Waals surface area contributed by atoms with Crippen LogP contribution in [0.3, 0.4) is 0 Å². The number of hydrazone groups is 1. The van der Waals surface area contributed by atoms with Crippen molar-refractivity contribution < 1.29 is 9.53 Å². The molecule has 4 heteroatoms. The molecule has 130 valence electrons. The van der Waals surface area contributed by atoms with Gasteiger partial charge in [-0.1, -0.05) is 78.9 Å². The molecule has 1 amide bonds. The zero-order valence-corrected chi connectivity index (χ0v) is 14.3. The molecule has 3 rings (SSSR count). The molecular weight excluding hydrogens is 324 g/mol. The molecule has 0 aliphatic carbocycles. The highest BCUT2D eigenvalue weighted by Crippen LogP contribution is 2.29. The van der Waals surface area contributed by atoms with Gasteiger partial charge in [-0.25, -0.2) is 5.43 Å². The Kier molecular flexibility index (Phi) is 6.15. The number of rotatable bonds is 7. The first kappa shape index (κ1) is 17.4. The van der Waals surface area contributed by atoms with E-state index in [1.54, 1.807) is 6.21 Å². The van der Waals surface area contributed by atoms with Crippen LogP contribution in [-0.2, 0) is 11.2 Å². The van der Waals surface area contributed by atoms with E-state index in [2.05, 4.69) is 10.5 Å². The lowest BCUT2D eigenvalue weighted by molar-refractivity contribution is -0.123. The molecule has 0 radical (unpaired) electrons. The molecular formula is C22H20N2O2. The number of amides is 1. The van der Waals surface area contributed by atoms with Crippen molar-refractivity contribution in [1.29, 1.82) is 0 Å². The minimum absolute atomic E-state index is 0.0908. The number of ether oxygens (including phenoxy) is 1. The van der Waals surface area contributed by atoms with Crippen LogP contribution in [0.5, 0.6) is 5.75 Å². The molecule has 0 heterocycles. The van der Waals surface area contributed by atoms with E-state index in [0.29, 0.717) is 12.2 Å². The van der Waals surface area contributed by atoms with Crippen molar-refractivity contribution in [2.45, 2.75) is 6.42 Å². The first-order valence-electron chi connectivity index (χ1n) is 8.44. The van der Waals surface area contributed by atoms with E-state index in [0.717, 1.165) is 16.7 Å².